The van der Waals surface area contributed by atoms with Gasteiger partial charge in [-0.2, -0.15) is 0 Å². The molecule has 3 aromatic rings. The van der Waals surface area contributed by atoms with Gasteiger partial charge in [0.2, 0.25) is 0 Å². The molecular weight excluding hydrogens is 432 g/mol. The van der Waals surface area contributed by atoms with Crippen LogP contribution in [0.2, 0.25) is 0 Å². The van der Waals surface area contributed by atoms with Crippen LogP contribution in [0.1, 0.15) is 73.7 Å². The minimum atomic E-state index is -0.241. The van der Waals surface area contributed by atoms with Crippen molar-refractivity contribution >= 4 is 45.0 Å². The molecule has 1 N–H and O–H groups in total. The number of nitrogens with zero attached hydrogens (tertiary/aromatic N) is 3. The number of carbonyl (C=O) groups excluding carboxylic acids is 1. The van der Waals surface area contributed by atoms with Gasteiger partial charge in [0, 0.05) is 17.0 Å². The minimum absolute atomic E-state index is 0.241. The lowest BCUT2D eigenvalue weighted by atomic mass is 9.95. The maximum absolute atomic E-state index is 13.0. The van der Waals surface area contributed by atoms with E-state index >= 15 is 0 Å². The molecule has 0 unspecified atom stereocenters. The summed E-state index contributed by atoms with van der Waals surface area (Å²) < 4.78 is 5.46. The van der Waals surface area contributed by atoms with Gasteiger partial charge in [0.25, 0.3) is 0 Å². The zero-order valence-electron chi connectivity index (χ0n) is 19.7. The van der Waals surface area contributed by atoms with Crippen LogP contribution in [0.4, 0.5) is 16.6 Å². The number of thiophene rings is 1. The van der Waals surface area contributed by atoms with Gasteiger partial charge in [0.05, 0.1) is 23.2 Å². The third-order valence-corrected chi connectivity index (χ3v) is 8.08. The molecule has 0 spiro atoms. The molecule has 2 aliphatic rings. The van der Waals surface area contributed by atoms with E-state index in [0.717, 1.165) is 65.3 Å². The number of ether oxygens (including phenoxy) is 1. The maximum atomic E-state index is 13.0. The van der Waals surface area contributed by atoms with E-state index < -0.39 is 0 Å². The lowest BCUT2D eigenvalue weighted by Gasteiger charge is -2.40. The van der Waals surface area contributed by atoms with Gasteiger partial charge in [-0.05, 0) is 83.4 Å². The second kappa shape index (κ2) is 9.29. The number of carbonyl (C=O) groups is 1. The highest BCUT2D eigenvalue weighted by Gasteiger charge is 2.31. The molecule has 0 radical (unpaired) electrons. The number of anilines is 3. The molecule has 1 aliphatic carbocycles. The molecule has 1 fully saturated rings. The number of benzene rings is 1. The number of nitrogens with one attached hydrogen (secondary N) is 1. The number of hydrogen-bond donors (Lipinski definition) is 1. The van der Waals surface area contributed by atoms with Crippen LogP contribution >= 0.6 is 11.3 Å². The standard InChI is InChI=1S/C26H32N4O2S/c1-4-32-26(31)22-18-12-5-8-15-21(18)33-25(22)29-23-24(30-16(2)10-9-11-17(30)3)28-20-14-7-6-13-19(20)27-23/h6-7,13-14,16-17H,4-5,8-12,15H2,1-3H3,(H,27,29)/t16-,17-/m1/s1. The van der Waals surface area contributed by atoms with Crippen molar-refractivity contribution < 1.29 is 9.53 Å². The van der Waals surface area contributed by atoms with Crippen LogP contribution < -0.4 is 10.2 Å². The molecule has 1 aliphatic heterocycles. The Morgan fingerprint density at radius 2 is 1.79 bits per heavy atom. The summed E-state index contributed by atoms with van der Waals surface area (Å²) in [5, 5.41) is 4.41. The number of hydrogen-bond acceptors (Lipinski definition) is 7. The summed E-state index contributed by atoms with van der Waals surface area (Å²) in [7, 11) is 0. The molecule has 2 atom stereocenters. The summed E-state index contributed by atoms with van der Waals surface area (Å²) >= 11 is 1.68. The minimum Gasteiger partial charge on any atom is -0.462 e. The third-order valence-electron chi connectivity index (χ3n) is 6.87. The zero-order chi connectivity index (χ0) is 22.9. The van der Waals surface area contributed by atoms with Crippen LogP contribution in [0.3, 0.4) is 0 Å². The Morgan fingerprint density at radius 1 is 1.09 bits per heavy atom. The van der Waals surface area contributed by atoms with Gasteiger partial charge in [-0.15, -0.1) is 11.3 Å². The van der Waals surface area contributed by atoms with Crippen LogP contribution in [-0.2, 0) is 17.6 Å². The third kappa shape index (κ3) is 4.19. The Kier molecular flexibility index (Phi) is 6.23. The summed E-state index contributed by atoms with van der Waals surface area (Å²) in [6.07, 6.45) is 7.73. The quantitative estimate of drug-likeness (QED) is 0.450. The maximum Gasteiger partial charge on any atom is 0.341 e. The average molecular weight is 465 g/mol. The summed E-state index contributed by atoms with van der Waals surface area (Å²) in [4.78, 5) is 26.8. The fraction of sp³-hybridized carbons (Fsp3) is 0.500. The van der Waals surface area contributed by atoms with E-state index in [4.69, 9.17) is 14.7 Å². The number of rotatable bonds is 5. The molecular formula is C26H32N4O2S. The van der Waals surface area contributed by atoms with Gasteiger partial charge in [0.1, 0.15) is 5.00 Å². The molecule has 33 heavy (non-hydrogen) atoms. The summed E-state index contributed by atoms with van der Waals surface area (Å²) in [6, 6.07) is 8.76. The van der Waals surface area contributed by atoms with Gasteiger partial charge in [-0.3, -0.25) is 0 Å². The fourth-order valence-electron chi connectivity index (χ4n) is 5.27. The highest BCUT2D eigenvalue weighted by molar-refractivity contribution is 7.16. The van der Waals surface area contributed by atoms with Gasteiger partial charge in [-0.1, -0.05) is 12.1 Å². The molecule has 1 saturated heterocycles. The van der Waals surface area contributed by atoms with E-state index in [1.807, 2.05) is 31.2 Å². The van der Waals surface area contributed by atoms with E-state index in [2.05, 4.69) is 24.1 Å². The van der Waals surface area contributed by atoms with Crippen molar-refractivity contribution in [2.45, 2.75) is 77.8 Å². The molecule has 0 saturated carbocycles. The largest absolute Gasteiger partial charge is 0.462 e. The van der Waals surface area contributed by atoms with Crippen LogP contribution in [0, 0.1) is 0 Å². The van der Waals surface area contributed by atoms with Crippen molar-refractivity contribution in [1.29, 1.82) is 0 Å². The monoisotopic (exact) mass is 464 g/mol. The van der Waals surface area contributed by atoms with Crippen molar-refractivity contribution in [1.82, 2.24) is 9.97 Å². The van der Waals surface area contributed by atoms with Crippen molar-refractivity contribution in [2.24, 2.45) is 0 Å². The molecule has 3 heterocycles. The van der Waals surface area contributed by atoms with Crippen LogP contribution in [-0.4, -0.2) is 34.6 Å². The topological polar surface area (TPSA) is 67.3 Å². The van der Waals surface area contributed by atoms with Crippen molar-refractivity contribution in [2.75, 3.05) is 16.8 Å². The molecule has 7 heteroatoms. The first-order chi connectivity index (χ1) is 16.1. The fourth-order valence-corrected chi connectivity index (χ4v) is 6.55. The lowest BCUT2D eigenvalue weighted by molar-refractivity contribution is 0.0526. The first kappa shape index (κ1) is 22.1. The van der Waals surface area contributed by atoms with Crippen LogP contribution in [0.5, 0.6) is 0 Å². The smallest absolute Gasteiger partial charge is 0.341 e. The van der Waals surface area contributed by atoms with Gasteiger partial charge in [-0.25, -0.2) is 14.8 Å². The Hall–Kier alpha value is -2.67. The van der Waals surface area contributed by atoms with E-state index in [-0.39, 0.29) is 5.97 Å². The van der Waals surface area contributed by atoms with Crippen molar-refractivity contribution in [3.8, 4) is 0 Å². The number of piperidine rings is 1. The molecule has 5 rings (SSSR count). The number of para-hydroxylation sites is 2. The Labute approximate surface area is 199 Å². The van der Waals surface area contributed by atoms with E-state index in [1.54, 1.807) is 11.3 Å². The Balaban J connectivity index is 1.63. The molecule has 2 aromatic heterocycles. The van der Waals surface area contributed by atoms with Crippen LogP contribution in [0.15, 0.2) is 24.3 Å². The summed E-state index contributed by atoms with van der Waals surface area (Å²) in [5.41, 5.74) is 3.58. The number of fused-ring (bicyclic) bond motifs is 2. The molecule has 0 bridgehead atoms. The summed E-state index contributed by atoms with van der Waals surface area (Å²) in [6.45, 7) is 6.76. The Morgan fingerprint density at radius 3 is 2.52 bits per heavy atom. The van der Waals surface area contributed by atoms with E-state index in [1.165, 1.54) is 17.7 Å². The average Bonchev–Trinajstić information content (AvgIpc) is 3.17. The first-order valence-electron chi connectivity index (χ1n) is 12.2. The predicted molar refractivity (Wildman–Crippen MR) is 135 cm³/mol. The highest BCUT2D eigenvalue weighted by atomic mass is 32.1. The molecule has 6 nitrogen and oxygen atoms in total. The Bertz CT molecular complexity index is 1160. The number of aryl methyl sites for hydroxylation is 1. The second-order valence-corrected chi connectivity index (χ2v) is 10.3. The van der Waals surface area contributed by atoms with Crippen molar-refractivity contribution in [3.05, 3.63) is 40.3 Å². The molecule has 1 aromatic carbocycles. The number of esters is 1. The van der Waals surface area contributed by atoms with Crippen molar-refractivity contribution in [3.63, 3.8) is 0 Å². The zero-order valence-corrected chi connectivity index (χ0v) is 20.5. The van der Waals surface area contributed by atoms with Crippen LogP contribution in [0.25, 0.3) is 11.0 Å². The number of aromatic nitrogens is 2. The lowest BCUT2D eigenvalue weighted by Crippen LogP contribution is -2.44. The SMILES string of the molecule is CCOC(=O)c1c(Nc2nc3ccccc3nc2N2[C@H](C)CCC[C@H]2C)sc2c1CCCC2. The normalized spacial score (nSPS) is 20.5. The van der Waals surface area contributed by atoms with Gasteiger partial charge < -0.3 is 15.0 Å². The van der Waals surface area contributed by atoms with Gasteiger partial charge in [0.15, 0.2) is 11.6 Å². The van der Waals surface area contributed by atoms with E-state index in [9.17, 15) is 4.79 Å². The highest BCUT2D eigenvalue weighted by Crippen LogP contribution is 2.42. The van der Waals surface area contributed by atoms with E-state index in [0.29, 0.717) is 24.3 Å². The summed E-state index contributed by atoms with van der Waals surface area (Å²) in [5.74, 6) is 1.35. The first-order valence-corrected chi connectivity index (χ1v) is 13.0. The van der Waals surface area contributed by atoms with Gasteiger partial charge >= 0.3 is 5.97 Å². The molecule has 174 valence electrons. The predicted octanol–water partition coefficient (Wildman–Crippen LogP) is 6.26. The second-order valence-electron chi connectivity index (χ2n) is 9.18. The molecule has 0 amide bonds.